The zero-order valence-corrected chi connectivity index (χ0v) is 18.0. The number of hydrogen-bond donors (Lipinski definition) is 1. The van der Waals surface area contributed by atoms with Crippen LogP contribution < -0.4 is 4.90 Å². The first-order valence-corrected chi connectivity index (χ1v) is 10.3. The van der Waals surface area contributed by atoms with E-state index in [9.17, 15) is 19.1 Å². The first kappa shape index (κ1) is 21.4. The van der Waals surface area contributed by atoms with Gasteiger partial charge in [0.15, 0.2) is 0 Å². The van der Waals surface area contributed by atoms with Crippen LogP contribution in [0.5, 0.6) is 0 Å². The van der Waals surface area contributed by atoms with E-state index in [1.165, 1.54) is 29.2 Å². The van der Waals surface area contributed by atoms with Gasteiger partial charge in [0.1, 0.15) is 11.6 Å². The van der Waals surface area contributed by atoms with Crippen LogP contribution in [0.4, 0.5) is 10.1 Å². The van der Waals surface area contributed by atoms with Crippen molar-refractivity contribution in [3.8, 4) is 0 Å². The molecule has 32 heavy (non-hydrogen) atoms. The summed E-state index contributed by atoms with van der Waals surface area (Å²) in [4.78, 5) is 31.7. The minimum absolute atomic E-state index is 0.0606. The molecule has 1 atom stereocenters. The summed E-state index contributed by atoms with van der Waals surface area (Å²) in [6, 6.07) is 15.2. The third-order valence-electron chi connectivity index (χ3n) is 5.57. The van der Waals surface area contributed by atoms with Crippen LogP contribution >= 0.6 is 0 Å². The minimum Gasteiger partial charge on any atom is -0.507 e. The van der Waals surface area contributed by atoms with Gasteiger partial charge < -0.3 is 5.11 Å². The number of aromatic nitrogens is 1. The summed E-state index contributed by atoms with van der Waals surface area (Å²) in [6.45, 7) is 6.27. The number of rotatable bonds is 3. The van der Waals surface area contributed by atoms with Gasteiger partial charge in [0.25, 0.3) is 11.7 Å². The highest BCUT2D eigenvalue weighted by atomic mass is 19.1. The molecule has 162 valence electrons. The van der Waals surface area contributed by atoms with Crippen LogP contribution in [0.15, 0.2) is 78.6 Å². The molecule has 4 rings (SSSR count). The maximum Gasteiger partial charge on any atom is 0.300 e. The number of nitrogens with zero attached hydrogens (tertiary/aromatic N) is 2. The molecule has 1 saturated heterocycles. The lowest BCUT2D eigenvalue weighted by Gasteiger charge is -2.26. The molecule has 0 aliphatic carbocycles. The van der Waals surface area contributed by atoms with Crippen molar-refractivity contribution >= 4 is 23.1 Å². The fourth-order valence-corrected chi connectivity index (χ4v) is 3.84. The van der Waals surface area contributed by atoms with Gasteiger partial charge in [-0.3, -0.25) is 19.5 Å². The molecule has 1 aliphatic heterocycles. The molecule has 2 heterocycles. The van der Waals surface area contributed by atoms with Crippen molar-refractivity contribution in [2.45, 2.75) is 32.2 Å². The molecule has 2 aromatic carbocycles. The van der Waals surface area contributed by atoms with Gasteiger partial charge in [-0.25, -0.2) is 4.39 Å². The molecule has 0 radical (unpaired) electrons. The van der Waals surface area contributed by atoms with Gasteiger partial charge in [-0.2, -0.15) is 0 Å². The van der Waals surface area contributed by atoms with Crippen LogP contribution in [0.3, 0.4) is 0 Å². The SMILES string of the molecule is CC(C)(C)c1ccc(N2C(=O)C(=O)/C(=C(/O)c3ccc(F)cc3)C2c2cccnc2)cc1. The predicted octanol–water partition coefficient (Wildman–Crippen LogP) is 5.14. The number of amides is 1. The van der Waals surface area contributed by atoms with E-state index in [4.69, 9.17) is 0 Å². The first-order chi connectivity index (χ1) is 15.2. The molecule has 1 unspecified atom stereocenters. The van der Waals surface area contributed by atoms with Gasteiger partial charge in [-0.1, -0.05) is 39.0 Å². The number of carbonyl (C=O) groups is 2. The highest BCUT2D eigenvalue weighted by Crippen LogP contribution is 2.42. The molecule has 1 fully saturated rings. The molecule has 0 saturated carbocycles. The topological polar surface area (TPSA) is 70.5 Å². The Bertz CT molecular complexity index is 1190. The molecule has 1 N–H and O–H groups in total. The van der Waals surface area contributed by atoms with Crippen LogP contribution in [-0.2, 0) is 15.0 Å². The van der Waals surface area contributed by atoms with E-state index < -0.39 is 23.5 Å². The second-order valence-electron chi connectivity index (χ2n) is 8.76. The average molecular weight is 430 g/mol. The fraction of sp³-hybridized carbons (Fsp3) is 0.192. The van der Waals surface area contributed by atoms with Gasteiger partial charge in [-0.15, -0.1) is 0 Å². The summed E-state index contributed by atoms with van der Waals surface area (Å²) in [5.41, 5.74) is 2.32. The second-order valence-corrected chi connectivity index (χ2v) is 8.76. The monoisotopic (exact) mass is 430 g/mol. The Morgan fingerprint density at radius 3 is 2.22 bits per heavy atom. The lowest BCUT2D eigenvalue weighted by Crippen LogP contribution is -2.29. The number of halogens is 1. The molecule has 1 aromatic heterocycles. The Hall–Kier alpha value is -3.80. The van der Waals surface area contributed by atoms with E-state index in [2.05, 4.69) is 25.8 Å². The molecular formula is C26H23FN2O3. The van der Waals surface area contributed by atoms with Crippen molar-refractivity contribution in [3.63, 3.8) is 0 Å². The molecule has 1 aliphatic rings. The smallest absolute Gasteiger partial charge is 0.300 e. The van der Waals surface area contributed by atoms with Crippen molar-refractivity contribution in [1.29, 1.82) is 0 Å². The molecule has 0 bridgehead atoms. The van der Waals surface area contributed by atoms with Crippen LogP contribution in [0, 0.1) is 5.82 Å². The lowest BCUT2D eigenvalue weighted by atomic mass is 9.87. The normalized spacial score (nSPS) is 18.2. The van der Waals surface area contributed by atoms with E-state index >= 15 is 0 Å². The number of carbonyl (C=O) groups excluding carboxylic acids is 2. The Labute approximate surface area is 185 Å². The zero-order chi connectivity index (χ0) is 23.0. The third kappa shape index (κ3) is 3.80. The average Bonchev–Trinajstić information content (AvgIpc) is 3.04. The molecule has 0 spiro atoms. The van der Waals surface area contributed by atoms with E-state index in [0.29, 0.717) is 11.3 Å². The van der Waals surface area contributed by atoms with Gasteiger partial charge in [0, 0.05) is 23.6 Å². The number of hydrogen-bond acceptors (Lipinski definition) is 4. The molecule has 5 nitrogen and oxygen atoms in total. The van der Waals surface area contributed by atoms with Gasteiger partial charge in [0.05, 0.1) is 11.6 Å². The van der Waals surface area contributed by atoms with Gasteiger partial charge >= 0.3 is 0 Å². The second kappa shape index (κ2) is 8.04. The number of ketones is 1. The maximum absolute atomic E-state index is 13.4. The number of Topliss-reactive ketones (excluding diaryl/α,β-unsaturated/α-hetero) is 1. The van der Waals surface area contributed by atoms with Crippen LogP contribution in [0.2, 0.25) is 0 Å². The van der Waals surface area contributed by atoms with Crippen LogP contribution in [0.1, 0.15) is 43.5 Å². The maximum atomic E-state index is 13.4. The molecule has 6 heteroatoms. The third-order valence-corrected chi connectivity index (χ3v) is 5.57. The van der Waals surface area contributed by atoms with Crippen molar-refractivity contribution in [3.05, 3.63) is 101 Å². The van der Waals surface area contributed by atoms with Crippen molar-refractivity contribution in [1.82, 2.24) is 4.98 Å². The Morgan fingerprint density at radius 2 is 1.66 bits per heavy atom. The standard InChI is InChI=1S/C26H23FN2O3/c1-26(2,3)18-8-12-20(13-9-18)29-22(17-5-4-14-28-15-17)21(24(31)25(29)32)23(30)16-6-10-19(27)11-7-16/h4-15,22,30H,1-3H3/b23-21+. The van der Waals surface area contributed by atoms with Gasteiger partial charge in [0.2, 0.25) is 0 Å². The van der Waals surface area contributed by atoms with E-state index in [1.807, 2.05) is 12.1 Å². The van der Waals surface area contributed by atoms with E-state index in [1.54, 1.807) is 36.7 Å². The number of pyridine rings is 1. The molecule has 3 aromatic rings. The number of anilines is 1. The zero-order valence-electron chi connectivity index (χ0n) is 18.0. The number of aliphatic hydroxyl groups excluding tert-OH is 1. The van der Waals surface area contributed by atoms with E-state index in [0.717, 1.165) is 5.56 Å². The van der Waals surface area contributed by atoms with Crippen molar-refractivity contribution in [2.75, 3.05) is 4.90 Å². The summed E-state index contributed by atoms with van der Waals surface area (Å²) < 4.78 is 13.4. The fourth-order valence-electron chi connectivity index (χ4n) is 3.84. The Balaban J connectivity index is 1.88. The Morgan fingerprint density at radius 1 is 1.00 bits per heavy atom. The minimum atomic E-state index is -0.866. The molecular weight excluding hydrogens is 407 g/mol. The van der Waals surface area contributed by atoms with Crippen LogP contribution in [-0.4, -0.2) is 21.8 Å². The van der Waals surface area contributed by atoms with E-state index in [-0.39, 0.29) is 22.3 Å². The predicted molar refractivity (Wildman–Crippen MR) is 121 cm³/mol. The largest absolute Gasteiger partial charge is 0.507 e. The number of aliphatic hydroxyl groups is 1. The summed E-state index contributed by atoms with van der Waals surface area (Å²) in [7, 11) is 0. The highest BCUT2D eigenvalue weighted by Gasteiger charge is 2.47. The quantitative estimate of drug-likeness (QED) is 0.355. The lowest BCUT2D eigenvalue weighted by molar-refractivity contribution is -0.132. The number of benzene rings is 2. The van der Waals surface area contributed by atoms with Gasteiger partial charge in [-0.05, 0) is 59.0 Å². The summed E-state index contributed by atoms with van der Waals surface area (Å²) in [6.07, 6.45) is 3.15. The van der Waals surface area contributed by atoms with Crippen molar-refractivity contribution in [2.24, 2.45) is 0 Å². The Kier molecular flexibility index (Phi) is 5.38. The first-order valence-electron chi connectivity index (χ1n) is 10.3. The summed E-state index contributed by atoms with van der Waals surface area (Å²) in [5.74, 6) is -2.37. The highest BCUT2D eigenvalue weighted by molar-refractivity contribution is 6.51. The summed E-state index contributed by atoms with van der Waals surface area (Å²) >= 11 is 0. The summed E-state index contributed by atoms with van der Waals surface area (Å²) in [5, 5.41) is 11.0. The van der Waals surface area contributed by atoms with Crippen LogP contribution in [0.25, 0.3) is 5.76 Å². The van der Waals surface area contributed by atoms with Crippen molar-refractivity contribution < 1.29 is 19.1 Å². The molecule has 1 amide bonds.